The highest BCUT2D eigenvalue weighted by Crippen LogP contribution is 2.37. The number of amides is 1. The maximum Gasteiger partial charge on any atom is 0.418 e. The highest BCUT2D eigenvalue weighted by atomic mass is 32.2. The fourth-order valence-electron chi connectivity index (χ4n) is 1.57. The number of nitro groups is 1. The summed E-state index contributed by atoms with van der Waals surface area (Å²) in [5, 5.41) is 19.0. The van der Waals surface area contributed by atoms with E-state index >= 15 is 0 Å². The molecule has 0 spiro atoms. The number of hydrogen-bond acceptors (Lipinski definition) is 6. The molecule has 2 rings (SSSR count). The number of rotatable bonds is 5. The molecule has 0 aliphatic rings. The third-order valence-electron chi connectivity index (χ3n) is 2.53. The monoisotopic (exact) mass is 347 g/mol. The number of carbonyl (C=O) groups excluding carboxylic acids is 1. The van der Waals surface area contributed by atoms with Crippen molar-refractivity contribution in [2.24, 2.45) is 0 Å². The topological polar surface area (TPSA) is 114 Å². The summed E-state index contributed by atoms with van der Waals surface area (Å²) in [6.45, 7) is 0. The van der Waals surface area contributed by atoms with Crippen LogP contribution in [0.2, 0.25) is 0 Å². The number of anilines is 1. The Kier molecular flexibility index (Phi) is 4.83. The Morgan fingerprint density at radius 3 is 2.74 bits per heavy atom. The largest absolute Gasteiger partial charge is 0.418 e. The second kappa shape index (κ2) is 6.64. The molecule has 122 valence electrons. The van der Waals surface area contributed by atoms with Crippen molar-refractivity contribution in [2.45, 2.75) is 11.3 Å². The van der Waals surface area contributed by atoms with Gasteiger partial charge in [0, 0.05) is 12.1 Å². The lowest BCUT2D eigenvalue weighted by Crippen LogP contribution is -2.18. The number of aromatic nitrogens is 3. The minimum absolute atomic E-state index is 0.205. The molecule has 0 saturated carbocycles. The third kappa shape index (κ3) is 4.42. The minimum Gasteiger partial charge on any atom is -0.325 e. The van der Waals surface area contributed by atoms with Crippen molar-refractivity contribution < 1.29 is 22.9 Å². The van der Waals surface area contributed by atoms with Crippen LogP contribution in [0.25, 0.3) is 0 Å². The molecule has 0 aliphatic heterocycles. The van der Waals surface area contributed by atoms with Crippen molar-refractivity contribution in [3.05, 3.63) is 40.2 Å². The van der Waals surface area contributed by atoms with E-state index in [0.717, 1.165) is 23.9 Å². The Bertz CT molecular complexity index is 720. The lowest BCUT2D eigenvalue weighted by molar-refractivity contribution is -0.385. The molecule has 0 bridgehead atoms. The first-order valence-electron chi connectivity index (χ1n) is 5.91. The van der Waals surface area contributed by atoms with Crippen molar-refractivity contribution in [1.29, 1.82) is 0 Å². The van der Waals surface area contributed by atoms with Gasteiger partial charge in [-0.15, -0.1) is 0 Å². The summed E-state index contributed by atoms with van der Waals surface area (Å²) in [4.78, 5) is 25.1. The van der Waals surface area contributed by atoms with Crippen molar-refractivity contribution in [3.8, 4) is 0 Å². The van der Waals surface area contributed by atoms with Crippen molar-refractivity contribution in [3.63, 3.8) is 0 Å². The van der Waals surface area contributed by atoms with Crippen LogP contribution in [0.4, 0.5) is 24.5 Å². The number of alkyl halides is 3. The molecule has 0 atom stereocenters. The predicted octanol–water partition coefficient (Wildman–Crippen LogP) is 2.46. The number of nitrogens with one attached hydrogen (secondary N) is 2. The van der Waals surface area contributed by atoms with Crippen LogP contribution in [0.1, 0.15) is 5.56 Å². The number of halogens is 3. The second-order valence-corrected chi connectivity index (χ2v) is 5.08. The Balaban J connectivity index is 2.14. The number of non-ortho nitro benzene ring substituents is 1. The van der Waals surface area contributed by atoms with Gasteiger partial charge in [0.05, 0.1) is 21.9 Å². The molecule has 2 N–H and O–H groups in total. The number of aromatic amines is 1. The SMILES string of the molecule is O=C(CSc1ncn[nH]1)Nc1ccc([N+](=O)[O-])cc1C(F)(F)F. The maximum absolute atomic E-state index is 12.9. The Morgan fingerprint density at radius 1 is 1.43 bits per heavy atom. The second-order valence-electron chi connectivity index (χ2n) is 4.11. The van der Waals surface area contributed by atoms with E-state index < -0.39 is 33.9 Å². The molecule has 0 radical (unpaired) electrons. The minimum atomic E-state index is -4.84. The molecule has 12 heteroatoms. The zero-order valence-corrected chi connectivity index (χ0v) is 11.9. The number of nitrogens with zero attached hydrogens (tertiary/aromatic N) is 3. The first-order valence-corrected chi connectivity index (χ1v) is 6.89. The smallest absolute Gasteiger partial charge is 0.325 e. The lowest BCUT2D eigenvalue weighted by Gasteiger charge is -2.13. The van der Waals surface area contributed by atoms with Crippen molar-refractivity contribution in [2.75, 3.05) is 11.1 Å². The van der Waals surface area contributed by atoms with Gasteiger partial charge >= 0.3 is 6.18 Å². The van der Waals surface area contributed by atoms with Gasteiger partial charge < -0.3 is 5.32 Å². The van der Waals surface area contributed by atoms with Crippen molar-refractivity contribution in [1.82, 2.24) is 15.2 Å². The summed E-state index contributed by atoms with van der Waals surface area (Å²) in [6, 6.07) is 2.10. The maximum atomic E-state index is 12.9. The number of thioether (sulfide) groups is 1. The summed E-state index contributed by atoms with van der Waals surface area (Å²) >= 11 is 0.945. The Morgan fingerprint density at radius 2 is 2.17 bits per heavy atom. The molecule has 0 saturated heterocycles. The van der Waals surface area contributed by atoms with Gasteiger partial charge in [0.15, 0.2) is 5.16 Å². The van der Waals surface area contributed by atoms with Crippen LogP contribution in [0, 0.1) is 10.1 Å². The van der Waals surface area contributed by atoms with Crippen LogP contribution in [0.15, 0.2) is 29.7 Å². The van der Waals surface area contributed by atoms with E-state index in [1.807, 2.05) is 0 Å². The van der Waals surface area contributed by atoms with Gasteiger partial charge in [0.1, 0.15) is 6.33 Å². The van der Waals surface area contributed by atoms with Gasteiger partial charge in [0.2, 0.25) is 5.91 Å². The summed E-state index contributed by atoms with van der Waals surface area (Å²) in [7, 11) is 0. The fraction of sp³-hybridized carbons (Fsp3) is 0.182. The Hall–Kier alpha value is -2.63. The highest BCUT2D eigenvalue weighted by molar-refractivity contribution is 7.99. The molecule has 0 unspecified atom stereocenters. The number of H-pyrrole nitrogens is 1. The fourth-order valence-corrected chi connectivity index (χ4v) is 2.15. The average Bonchev–Trinajstić information content (AvgIpc) is 2.97. The molecule has 1 heterocycles. The summed E-state index contributed by atoms with van der Waals surface area (Å²) < 4.78 is 38.8. The summed E-state index contributed by atoms with van der Waals surface area (Å²) in [5.41, 5.74) is -2.55. The average molecular weight is 347 g/mol. The Labute approximate surface area is 130 Å². The van der Waals surface area contributed by atoms with Gasteiger partial charge in [-0.3, -0.25) is 20.0 Å². The van der Waals surface area contributed by atoms with E-state index in [4.69, 9.17) is 0 Å². The van der Waals surface area contributed by atoms with Gasteiger partial charge in [-0.25, -0.2) is 4.98 Å². The van der Waals surface area contributed by atoms with Gasteiger partial charge in [-0.05, 0) is 6.07 Å². The van der Waals surface area contributed by atoms with Gasteiger partial charge in [-0.1, -0.05) is 11.8 Å². The van der Waals surface area contributed by atoms with E-state index in [1.165, 1.54) is 6.33 Å². The van der Waals surface area contributed by atoms with Crippen LogP contribution in [0.5, 0.6) is 0 Å². The van der Waals surface area contributed by atoms with E-state index in [0.29, 0.717) is 11.2 Å². The molecular formula is C11H8F3N5O3S. The zero-order valence-electron chi connectivity index (χ0n) is 11.1. The number of carbonyl (C=O) groups is 1. The molecule has 1 aromatic carbocycles. The molecule has 0 aliphatic carbocycles. The normalized spacial score (nSPS) is 11.3. The van der Waals surface area contributed by atoms with E-state index in [9.17, 15) is 28.1 Å². The van der Waals surface area contributed by atoms with Gasteiger partial charge in [0.25, 0.3) is 5.69 Å². The lowest BCUT2D eigenvalue weighted by atomic mass is 10.1. The van der Waals surface area contributed by atoms with E-state index in [-0.39, 0.29) is 5.75 Å². The van der Waals surface area contributed by atoms with Crippen LogP contribution in [0.3, 0.4) is 0 Å². The predicted molar refractivity (Wildman–Crippen MR) is 73.8 cm³/mol. The standard InChI is InChI=1S/C11H8F3N5O3S/c12-11(13,14)7-3-6(19(21)22)1-2-8(7)17-9(20)4-23-10-15-5-16-18-10/h1-3,5H,4H2,(H,17,20)(H,15,16,18). The van der Waals surface area contributed by atoms with Gasteiger partial charge in [-0.2, -0.15) is 18.3 Å². The summed E-state index contributed by atoms with van der Waals surface area (Å²) in [6.07, 6.45) is -3.62. The number of hydrogen-bond donors (Lipinski definition) is 2. The van der Waals surface area contributed by atoms with Crippen LogP contribution < -0.4 is 5.32 Å². The van der Waals surface area contributed by atoms with E-state index in [1.54, 1.807) is 0 Å². The highest BCUT2D eigenvalue weighted by Gasteiger charge is 2.35. The third-order valence-corrected chi connectivity index (χ3v) is 3.40. The quantitative estimate of drug-likeness (QED) is 0.488. The molecule has 23 heavy (non-hydrogen) atoms. The van der Waals surface area contributed by atoms with Crippen LogP contribution >= 0.6 is 11.8 Å². The van der Waals surface area contributed by atoms with Crippen LogP contribution in [-0.2, 0) is 11.0 Å². The molecular weight excluding hydrogens is 339 g/mol. The van der Waals surface area contributed by atoms with E-state index in [2.05, 4.69) is 20.5 Å². The summed E-state index contributed by atoms with van der Waals surface area (Å²) in [5.74, 6) is -0.922. The first kappa shape index (κ1) is 16.7. The zero-order chi connectivity index (χ0) is 17.0. The number of benzene rings is 1. The number of nitro benzene ring substituents is 1. The molecule has 1 amide bonds. The van der Waals surface area contributed by atoms with Crippen molar-refractivity contribution >= 4 is 29.0 Å². The molecule has 2 aromatic rings. The first-order chi connectivity index (χ1) is 10.8. The molecule has 8 nitrogen and oxygen atoms in total. The molecule has 0 fully saturated rings. The molecule has 1 aromatic heterocycles. The van der Waals surface area contributed by atoms with Crippen LogP contribution in [-0.4, -0.2) is 31.8 Å².